The number of pyridine rings is 1. The van der Waals surface area contributed by atoms with Crippen LogP contribution in [0.15, 0.2) is 6.07 Å². The van der Waals surface area contributed by atoms with Crippen molar-refractivity contribution in [3.63, 3.8) is 0 Å². The number of hydrogen-bond acceptors (Lipinski definition) is 4. The lowest BCUT2D eigenvalue weighted by Crippen LogP contribution is -2.03. The Bertz CT molecular complexity index is 647. The molecular weight excluding hydrogens is 381 g/mol. The molecule has 0 saturated carbocycles. The third-order valence-electron chi connectivity index (χ3n) is 2.28. The first-order valence-electron chi connectivity index (χ1n) is 4.53. The summed E-state index contributed by atoms with van der Waals surface area (Å²) >= 11 is 2.20. The van der Waals surface area contributed by atoms with E-state index in [-0.39, 0.29) is 22.4 Å². The van der Waals surface area contributed by atoms with Crippen LogP contribution in [0.4, 0.5) is 8.78 Å². The van der Waals surface area contributed by atoms with Crippen LogP contribution in [0.25, 0.3) is 11.0 Å². The van der Waals surface area contributed by atoms with Gasteiger partial charge in [0.25, 0.3) is 0 Å². The second-order valence-corrected chi connectivity index (χ2v) is 5.05. The Morgan fingerprint density at radius 3 is 2.78 bits per heavy atom. The molecule has 2 rings (SSSR count). The zero-order valence-electron chi connectivity index (χ0n) is 8.78. The lowest BCUT2D eigenvalue weighted by Gasteiger charge is -2.03. The maximum Gasteiger partial charge on any atom is 0.353 e. The number of aryl methyl sites for hydroxylation is 1. The first-order chi connectivity index (χ1) is 8.47. The van der Waals surface area contributed by atoms with Crippen LogP contribution in [0.3, 0.4) is 0 Å². The lowest BCUT2D eigenvalue weighted by atomic mass is 10.2. The number of hydrogen-bond donors (Lipinski definition) is 1. The van der Waals surface area contributed by atoms with Crippen molar-refractivity contribution >= 4 is 52.2 Å². The van der Waals surface area contributed by atoms with Gasteiger partial charge in [0.2, 0.25) is 0 Å². The summed E-state index contributed by atoms with van der Waals surface area (Å²) in [5, 5.41) is 8.79. The molecule has 0 radical (unpaired) electrons. The molecule has 0 spiro atoms. The number of aromatic carboxylic acids is 1. The highest BCUT2D eigenvalue weighted by Gasteiger charge is 2.22. The molecule has 2 aromatic heterocycles. The molecule has 2 heterocycles. The highest BCUT2D eigenvalue weighted by molar-refractivity contribution is 14.1. The van der Waals surface area contributed by atoms with Gasteiger partial charge in [0.1, 0.15) is 40.9 Å². The molecule has 2 aromatic rings. The average molecular weight is 386 g/mol. The van der Waals surface area contributed by atoms with Crippen molar-refractivity contribution in [3.05, 3.63) is 29.1 Å². The van der Waals surface area contributed by atoms with E-state index in [4.69, 9.17) is 7.62 Å². The Kier molecular flexibility index (Phi) is 3.73. The second kappa shape index (κ2) is 4.97. The summed E-state index contributed by atoms with van der Waals surface area (Å²) in [5.74, 6) is -3.49. The molecule has 0 aliphatic heterocycles. The van der Waals surface area contributed by atoms with E-state index in [9.17, 15) is 13.6 Å². The largest absolute Gasteiger partial charge is 0.477 e. The fraction of sp³-hybridized carbons (Fsp3) is 0.111. The fourth-order valence-electron chi connectivity index (χ4n) is 1.49. The van der Waals surface area contributed by atoms with Gasteiger partial charge in [-0.1, -0.05) is 0 Å². The van der Waals surface area contributed by atoms with Crippen LogP contribution in [0, 0.1) is 18.6 Å². The van der Waals surface area contributed by atoms with Crippen LogP contribution in [0.5, 0.6) is 0 Å². The Hall–Kier alpha value is -0.940. The van der Waals surface area contributed by atoms with Crippen LogP contribution in [0.2, 0.25) is 0 Å². The van der Waals surface area contributed by atoms with Crippen molar-refractivity contribution in [3.8, 4) is 0 Å². The van der Waals surface area contributed by atoms with E-state index in [1.807, 2.05) is 0 Å². The molecule has 0 aliphatic rings. The molecule has 0 saturated heterocycles. The van der Waals surface area contributed by atoms with Gasteiger partial charge in [0, 0.05) is 0 Å². The molecule has 0 aliphatic carbocycles. The molecule has 0 bridgehead atoms. The summed E-state index contributed by atoms with van der Waals surface area (Å²) in [6.45, 7) is 1.30. The van der Waals surface area contributed by atoms with Gasteiger partial charge in [-0.25, -0.2) is 25.0 Å². The first-order valence-corrected chi connectivity index (χ1v) is 6.11. The molecule has 9 heteroatoms. The smallest absolute Gasteiger partial charge is 0.353 e. The predicted molar refractivity (Wildman–Crippen MR) is 69.4 cm³/mol. The van der Waals surface area contributed by atoms with Crippen molar-refractivity contribution < 1.29 is 21.2 Å². The van der Waals surface area contributed by atoms with Crippen molar-refractivity contribution in [2.75, 3.05) is 0 Å². The standard InChI is InChI=1S/C9H5F2IN2O3S/c1-3-6(10)7(11)4-2-5(9(15)16)14(18-17-12)8(4)13-3/h2H,1H3,(H,15,16). The number of halogens is 3. The molecule has 18 heavy (non-hydrogen) atoms. The van der Waals surface area contributed by atoms with E-state index in [0.29, 0.717) is 12.2 Å². The highest BCUT2D eigenvalue weighted by Crippen LogP contribution is 2.29. The zero-order chi connectivity index (χ0) is 13.4. The molecule has 0 atom stereocenters. The van der Waals surface area contributed by atoms with E-state index in [2.05, 4.69) is 4.98 Å². The topological polar surface area (TPSA) is 64.3 Å². The van der Waals surface area contributed by atoms with Crippen LogP contribution < -0.4 is 0 Å². The van der Waals surface area contributed by atoms with Crippen molar-refractivity contribution in [2.24, 2.45) is 0 Å². The van der Waals surface area contributed by atoms with Crippen LogP contribution in [-0.2, 0) is 2.51 Å². The van der Waals surface area contributed by atoms with Crippen LogP contribution >= 0.6 is 35.2 Å². The average Bonchev–Trinajstić information content (AvgIpc) is 2.66. The first kappa shape index (κ1) is 13.5. The molecule has 0 amide bonds. The summed E-state index contributed by atoms with van der Waals surface area (Å²) in [7, 11) is 0. The fourth-order valence-corrected chi connectivity index (χ4v) is 2.45. The van der Waals surface area contributed by atoms with Gasteiger partial charge in [0.05, 0.1) is 11.1 Å². The number of carboxylic acid groups (broad SMARTS) is 1. The maximum atomic E-state index is 13.7. The zero-order valence-corrected chi connectivity index (χ0v) is 11.8. The minimum Gasteiger partial charge on any atom is -0.477 e. The molecule has 0 unspecified atom stereocenters. The summed E-state index contributed by atoms with van der Waals surface area (Å²) in [6, 6.07) is 1.02. The molecule has 0 aromatic carbocycles. The Labute approximate surface area is 118 Å². The van der Waals surface area contributed by atoms with E-state index >= 15 is 0 Å². The maximum absolute atomic E-state index is 13.7. The molecular formula is C9H5F2IN2O3S. The summed E-state index contributed by atoms with van der Waals surface area (Å²) in [4.78, 5) is 14.8. The van der Waals surface area contributed by atoms with E-state index in [1.165, 1.54) is 29.9 Å². The number of rotatable bonds is 3. The monoisotopic (exact) mass is 386 g/mol. The summed E-state index contributed by atoms with van der Waals surface area (Å²) in [6.07, 6.45) is 0. The van der Waals surface area contributed by atoms with Gasteiger partial charge in [0.15, 0.2) is 17.3 Å². The number of carboxylic acids is 1. The Balaban J connectivity index is 2.85. The minimum absolute atomic E-state index is 0.00506. The molecule has 1 N–H and O–H groups in total. The van der Waals surface area contributed by atoms with Crippen LogP contribution in [-0.4, -0.2) is 20.0 Å². The summed E-state index contributed by atoms with van der Waals surface area (Å²) < 4.78 is 32.8. The van der Waals surface area contributed by atoms with Crippen molar-refractivity contribution in [1.29, 1.82) is 0 Å². The van der Waals surface area contributed by atoms with Gasteiger partial charge in [-0.2, -0.15) is 0 Å². The van der Waals surface area contributed by atoms with E-state index in [0.717, 1.165) is 10.0 Å². The van der Waals surface area contributed by atoms with Gasteiger partial charge in [-0.15, -0.1) is 0 Å². The number of nitrogens with zero attached hydrogens (tertiary/aromatic N) is 2. The number of carbonyl (C=O) groups is 1. The van der Waals surface area contributed by atoms with E-state index in [1.54, 1.807) is 0 Å². The van der Waals surface area contributed by atoms with Gasteiger partial charge in [-0.05, 0) is 13.0 Å². The lowest BCUT2D eigenvalue weighted by molar-refractivity contribution is 0.0690. The van der Waals surface area contributed by atoms with E-state index < -0.39 is 17.6 Å². The minimum atomic E-state index is -1.29. The third-order valence-corrected chi connectivity index (χ3v) is 3.33. The number of aromatic nitrogens is 2. The quantitative estimate of drug-likeness (QED) is 0.649. The molecule has 5 nitrogen and oxygen atoms in total. The second-order valence-electron chi connectivity index (χ2n) is 3.33. The van der Waals surface area contributed by atoms with Gasteiger partial charge >= 0.3 is 5.97 Å². The van der Waals surface area contributed by atoms with Crippen LogP contribution in [0.1, 0.15) is 16.2 Å². The third kappa shape index (κ3) is 2.06. The van der Waals surface area contributed by atoms with Gasteiger partial charge < -0.3 is 5.11 Å². The molecule has 96 valence electrons. The van der Waals surface area contributed by atoms with Crippen molar-refractivity contribution in [2.45, 2.75) is 6.92 Å². The normalized spacial score (nSPS) is 11.1. The van der Waals surface area contributed by atoms with Crippen molar-refractivity contribution in [1.82, 2.24) is 8.96 Å². The SMILES string of the molecule is Cc1nc2c(cc(C(=O)O)n2SOI)c(F)c1F. The Morgan fingerprint density at radius 1 is 1.56 bits per heavy atom. The Morgan fingerprint density at radius 2 is 2.22 bits per heavy atom. The predicted octanol–water partition coefficient (Wildman–Crippen LogP) is 3.10. The summed E-state index contributed by atoms with van der Waals surface area (Å²) in [5.41, 5.74) is -0.390. The highest BCUT2D eigenvalue weighted by atomic mass is 127. The number of fused-ring (bicyclic) bond motifs is 1. The molecule has 0 fully saturated rings. The van der Waals surface area contributed by atoms with Gasteiger partial charge in [-0.3, -0.25) is 0 Å².